The van der Waals surface area contributed by atoms with Gasteiger partial charge in [-0.2, -0.15) is 0 Å². The highest BCUT2D eigenvalue weighted by Crippen LogP contribution is 2.24. The summed E-state index contributed by atoms with van der Waals surface area (Å²) in [6.07, 6.45) is 1.68. The van der Waals surface area contributed by atoms with E-state index in [1.807, 2.05) is 55.9 Å². The van der Waals surface area contributed by atoms with E-state index < -0.39 is 5.97 Å². The smallest absolute Gasteiger partial charge is 0.337 e. The number of aliphatic carboxylic acids is 1. The number of hydrogen-bond donors (Lipinski definition) is 1. The van der Waals surface area contributed by atoms with Crippen molar-refractivity contribution in [2.45, 2.75) is 0 Å². The molecule has 0 radical (unpaired) electrons. The molecule has 22 heavy (non-hydrogen) atoms. The Kier molecular flexibility index (Phi) is 5.75. The van der Waals surface area contributed by atoms with E-state index >= 15 is 0 Å². The lowest BCUT2D eigenvalue weighted by atomic mass is 10.1. The summed E-state index contributed by atoms with van der Waals surface area (Å²) < 4.78 is 5.62. The van der Waals surface area contributed by atoms with Crippen LogP contribution in [0.25, 0.3) is 11.6 Å². The average Bonchev–Trinajstić information content (AvgIpc) is 2.99. The van der Waals surface area contributed by atoms with Crippen LogP contribution in [0.2, 0.25) is 0 Å². The maximum atomic E-state index is 11.4. The summed E-state index contributed by atoms with van der Waals surface area (Å²) >= 11 is 1.42. The minimum Gasteiger partial charge on any atom is -0.492 e. The Bertz CT molecular complexity index is 630. The van der Waals surface area contributed by atoms with Crippen molar-refractivity contribution in [2.75, 3.05) is 27.2 Å². The molecule has 116 valence electrons. The number of rotatable bonds is 7. The van der Waals surface area contributed by atoms with Crippen molar-refractivity contribution < 1.29 is 14.6 Å². The number of nitrogens with zero attached hydrogens (tertiary/aromatic N) is 1. The molecule has 2 rings (SSSR count). The molecule has 0 saturated carbocycles. The predicted molar refractivity (Wildman–Crippen MR) is 90.3 cm³/mol. The third-order valence-electron chi connectivity index (χ3n) is 3.02. The normalized spacial score (nSPS) is 11.7. The molecule has 0 aliphatic heterocycles. The fraction of sp³-hybridized carbons (Fsp3) is 0.235. The molecule has 1 aromatic carbocycles. The van der Waals surface area contributed by atoms with E-state index in [4.69, 9.17) is 4.74 Å². The van der Waals surface area contributed by atoms with Gasteiger partial charge in [0.2, 0.25) is 0 Å². The largest absolute Gasteiger partial charge is 0.492 e. The lowest BCUT2D eigenvalue weighted by Crippen LogP contribution is -2.19. The van der Waals surface area contributed by atoms with Crippen LogP contribution in [-0.4, -0.2) is 43.2 Å². The van der Waals surface area contributed by atoms with Crippen molar-refractivity contribution in [1.82, 2.24) is 4.90 Å². The van der Waals surface area contributed by atoms with Crippen LogP contribution in [0.5, 0.6) is 5.75 Å². The van der Waals surface area contributed by atoms with E-state index in [1.165, 1.54) is 11.3 Å². The minimum absolute atomic E-state index is 0.302. The summed E-state index contributed by atoms with van der Waals surface area (Å²) in [5.74, 6) is -0.138. The van der Waals surface area contributed by atoms with Crippen LogP contribution >= 0.6 is 11.3 Å². The zero-order valence-electron chi connectivity index (χ0n) is 12.7. The van der Waals surface area contributed by atoms with Crippen LogP contribution in [0.1, 0.15) is 10.4 Å². The van der Waals surface area contributed by atoms with Crippen LogP contribution in [0, 0.1) is 0 Å². The van der Waals surface area contributed by atoms with Crippen molar-refractivity contribution in [3.8, 4) is 5.75 Å². The Labute approximate surface area is 134 Å². The minimum atomic E-state index is -0.922. The van der Waals surface area contributed by atoms with Gasteiger partial charge in [0, 0.05) is 11.4 Å². The van der Waals surface area contributed by atoms with E-state index in [-0.39, 0.29) is 0 Å². The van der Waals surface area contributed by atoms with Gasteiger partial charge in [-0.15, -0.1) is 11.3 Å². The van der Waals surface area contributed by atoms with Gasteiger partial charge >= 0.3 is 5.97 Å². The van der Waals surface area contributed by atoms with Gasteiger partial charge in [-0.25, -0.2) is 4.79 Å². The molecule has 5 heteroatoms. The molecule has 0 aliphatic carbocycles. The molecule has 0 unspecified atom stereocenters. The zero-order chi connectivity index (χ0) is 15.9. The Hall–Kier alpha value is -2.11. The molecule has 0 spiro atoms. The third kappa shape index (κ3) is 4.72. The van der Waals surface area contributed by atoms with Crippen LogP contribution in [0.15, 0.2) is 41.8 Å². The number of carbonyl (C=O) groups is 1. The highest BCUT2D eigenvalue weighted by atomic mass is 32.1. The van der Waals surface area contributed by atoms with Gasteiger partial charge in [0.15, 0.2) is 0 Å². The molecule has 0 atom stereocenters. The number of likely N-dealkylation sites (N-methyl/N-ethyl adjacent to an activating group) is 1. The molecule has 2 aromatic rings. The fourth-order valence-electron chi connectivity index (χ4n) is 1.84. The average molecular weight is 317 g/mol. The highest BCUT2D eigenvalue weighted by Gasteiger charge is 2.11. The van der Waals surface area contributed by atoms with Gasteiger partial charge in [0.1, 0.15) is 12.4 Å². The number of thiophene rings is 1. The maximum Gasteiger partial charge on any atom is 0.337 e. The van der Waals surface area contributed by atoms with E-state index in [9.17, 15) is 9.90 Å². The Morgan fingerprint density at radius 2 is 2.00 bits per heavy atom. The first kappa shape index (κ1) is 16.3. The van der Waals surface area contributed by atoms with Crippen LogP contribution in [0.3, 0.4) is 0 Å². The third-order valence-corrected chi connectivity index (χ3v) is 3.92. The van der Waals surface area contributed by atoms with E-state index in [0.29, 0.717) is 12.2 Å². The Morgan fingerprint density at radius 1 is 1.27 bits per heavy atom. The SMILES string of the molecule is CN(C)CCOc1ccc(/C=C(\C(=O)O)c2cccs2)cc1. The summed E-state index contributed by atoms with van der Waals surface area (Å²) in [4.78, 5) is 14.2. The summed E-state index contributed by atoms with van der Waals surface area (Å²) in [5.41, 5.74) is 1.14. The molecule has 0 saturated heterocycles. The van der Waals surface area contributed by atoms with Crippen LogP contribution in [0.4, 0.5) is 0 Å². The monoisotopic (exact) mass is 317 g/mol. The van der Waals surface area contributed by atoms with E-state index in [0.717, 1.165) is 22.7 Å². The molecule has 1 heterocycles. The predicted octanol–water partition coefficient (Wildman–Crippen LogP) is 3.31. The highest BCUT2D eigenvalue weighted by molar-refractivity contribution is 7.11. The van der Waals surface area contributed by atoms with Gasteiger partial charge in [-0.1, -0.05) is 18.2 Å². The molecule has 0 aliphatic rings. The quantitative estimate of drug-likeness (QED) is 0.796. The second-order valence-electron chi connectivity index (χ2n) is 5.06. The lowest BCUT2D eigenvalue weighted by Gasteiger charge is -2.11. The van der Waals surface area contributed by atoms with Crippen molar-refractivity contribution in [1.29, 1.82) is 0 Å². The summed E-state index contributed by atoms with van der Waals surface area (Å²) in [6, 6.07) is 11.1. The standard InChI is InChI=1S/C17H19NO3S/c1-18(2)9-10-21-14-7-5-13(6-8-14)12-15(17(19)20)16-4-3-11-22-16/h3-8,11-12H,9-10H2,1-2H3,(H,19,20)/b15-12-. The Balaban J connectivity index is 2.09. The first-order valence-corrected chi connectivity index (χ1v) is 7.80. The van der Waals surface area contributed by atoms with Gasteiger partial charge in [-0.05, 0) is 49.3 Å². The number of hydrogen-bond acceptors (Lipinski definition) is 4. The second-order valence-corrected chi connectivity index (χ2v) is 6.01. The topological polar surface area (TPSA) is 49.8 Å². The van der Waals surface area contributed by atoms with Gasteiger partial charge in [0.05, 0.1) is 5.57 Å². The number of carboxylic acid groups (broad SMARTS) is 1. The molecular formula is C17H19NO3S. The molecular weight excluding hydrogens is 298 g/mol. The Morgan fingerprint density at radius 3 is 2.55 bits per heavy atom. The van der Waals surface area contributed by atoms with Crippen molar-refractivity contribution in [3.63, 3.8) is 0 Å². The van der Waals surface area contributed by atoms with Gasteiger partial charge in [0.25, 0.3) is 0 Å². The van der Waals surface area contributed by atoms with E-state index in [1.54, 1.807) is 6.08 Å². The van der Waals surface area contributed by atoms with Gasteiger partial charge in [-0.3, -0.25) is 0 Å². The summed E-state index contributed by atoms with van der Waals surface area (Å²) in [7, 11) is 3.99. The number of ether oxygens (including phenoxy) is 1. The number of carboxylic acids is 1. The van der Waals surface area contributed by atoms with Crippen molar-refractivity contribution in [2.24, 2.45) is 0 Å². The zero-order valence-corrected chi connectivity index (χ0v) is 13.5. The molecule has 4 nitrogen and oxygen atoms in total. The van der Waals surface area contributed by atoms with E-state index in [2.05, 4.69) is 4.90 Å². The van der Waals surface area contributed by atoms with Crippen molar-refractivity contribution in [3.05, 3.63) is 52.2 Å². The van der Waals surface area contributed by atoms with Crippen LogP contribution in [-0.2, 0) is 4.79 Å². The summed E-state index contributed by atoms with van der Waals surface area (Å²) in [6.45, 7) is 1.47. The molecule has 1 N–H and O–H groups in total. The molecule has 1 aromatic heterocycles. The maximum absolute atomic E-state index is 11.4. The fourth-order valence-corrected chi connectivity index (χ4v) is 2.58. The first-order valence-electron chi connectivity index (χ1n) is 6.93. The van der Waals surface area contributed by atoms with Crippen LogP contribution < -0.4 is 4.74 Å². The van der Waals surface area contributed by atoms with Crippen molar-refractivity contribution >= 4 is 29.0 Å². The second kappa shape index (κ2) is 7.77. The molecule has 0 amide bonds. The lowest BCUT2D eigenvalue weighted by molar-refractivity contribution is -0.130. The summed E-state index contributed by atoms with van der Waals surface area (Å²) in [5, 5.41) is 11.2. The first-order chi connectivity index (χ1) is 10.6. The number of benzene rings is 1. The molecule has 0 bridgehead atoms. The van der Waals surface area contributed by atoms with Gasteiger partial charge < -0.3 is 14.7 Å². The molecule has 0 fully saturated rings.